The van der Waals surface area contributed by atoms with E-state index in [0.29, 0.717) is 24.1 Å². The summed E-state index contributed by atoms with van der Waals surface area (Å²) in [5.41, 5.74) is 2.05. The third-order valence-corrected chi connectivity index (χ3v) is 5.47. The van der Waals surface area contributed by atoms with Crippen molar-refractivity contribution in [3.8, 4) is 0 Å². The maximum atomic E-state index is 12.3. The van der Waals surface area contributed by atoms with Crippen molar-refractivity contribution < 1.29 is 4.79 Å². The number of fused-ring (bicyclic) bond motifs is 1. The Bertz CT molecular complexity index is 987. The predicted octanol–water partition coefficient (Wildman–Crippen LogP) is 3.02. The molecule has 0 unspecified atom stereocenters. The molecule has 8 nitrogen and oxygen atoms in total. The monoisotopic (exact) mass is 365 g/mol. The van der Waals surface area contributed by atoms with Crippen LogP contribution in [0.15, 0.2) is 24.4 Å². The van der Waals surface area contributed by atoms with E-state index in [9.17, 15) is 4.79 Å². The SMILES string of the molecule is CCC(=O)[C@@H]1CCCN1c1nc(Nc2cc(C3CC3)[nH]n2)c2cccn2n1. The lowest BCUT2D eigenvalue weighted by atomic mass is 10.1. The summed E-state index contributed by atoms with van der Waals surface area (Å²) in [5.74, 6) is 2.91. The average Bonchev–Trinajstić information content (AvgIpc) is 3.09. The first-order chi connectivity index (χ1) is 13.2. The second-order valence-corrected chi connectivity index (χ2v) is 7.38. The summed E-state index contributed by atoms with van der Waals surface area (Å²) in [5, 5.41) is 15.5. The van der Waals surface area contributed by atoms with Crippen molar-refractivity contribution in [1.82, 2.24) is 24.8 Å². The number of aromatic nitrogens is 5. The predicted molar refractivity (Wildman–Crippen MR) is 102 cm³/mol. The van der Waals surface area contributed by atoms with E-state index in [1.54, 1.807) is 0 Å². The highest BCUT2D eigenvalue weighted by Crippen LogP contribution is 2.39. The van der Waals surface area contributed by atoms with Crippen LogP contribution in [0.1, 0.15) is 50.6 Å². The van der Waals surface area contributed by atoms with E-state index in [-0.39, 0.29) is 11.8 Å². The van der Waals surface area contributed by atoms with E-state index in [0.717, 1.165) is 30.7 Å². The Hall–Kier alpha value is -2.90. The number of carbonyl (C=O) groups is 1. The summed E-state index contributed by atoms with van der Waals surface area (Å²) in [7, 11) is 0. The van der Waals surface area contributed by atoms with E-state index < -0.39 is 0 Å². The number of aromatic amines is 1. The zero-order valence-electron chi connectivity index (χ0n) is 15.4. The zero-order chi connectivity index (χ0) is 18.4. The van der Waals surface area contributed by atoms with Gasteiger partial charge in [-0.2, -0.15) is 10.1 Å². The Labute approximate surface area is 157 Å². The molecule has 2 N–H and O–H groups in total. The summed E-state index contributed by atoms with van der Waals surface area (Å²) in [6, 6.07) is 5.84. The molecule has 3 aromatic heterocycles. The van der Waals surface area contributed by atoms with Gasteiger partial charge in [-0.1, -0.05) is 6.92 Å². The molecule has 4 heterocycles. The minimum absolute atomic E-state index is 0.122. The molecule has 2 aliphatic rings. The number of anilines is 3. The van der Waals surface area contributed by atoms with E-state index in [1.807, 2.05) is 34.7 Å². The van der Waals surface area contributed by atoms with E-state index in [1.165, 1.54) is 18.5 Å². The standard InChI is InChI=1S/C19H23N7O/c1-2-16(27)14-5-3-9-25(14)19-21-18(15-6-4-10-26(15)24-19)20-17-11-13(22-23-17)12-7-8-12/h4,6,10-12,14H,2-3,5,7-9H2,1H3,(H2,20,21,22,23,24)/t14-/m0/s1. The van der Waals surface area contributed by atoms with Gasteiger partial charge in [-0.15, -0.1) is 5.10 Å². The second-order valence-electron chi connectivity index (χ2n) is 7.38. The third-order valence-electron chi connectivity index (χ3n) is 5.47. The maximum Gasteiger partial charge on any atom is 0.246 e. The van der Waals surface area contributed by atoms with Crippen LogP contribution in [-0.2, 0) is 4.79 Å². The van der Waals surface area contributed by atoms with Gasteiger partial charge < -0.3 is 10.2 Å². The third kappa shape index (κ3) is 2.94. The van der Waals surface area contributed by atoms with Crippen molar-refractivity contribution in [3.63, 3.8) is 0 Å². The van der Waals surface area contributed by atoms with Crippen molar-refractivity contribution in [2.45, 2.75) is 51.0 Å². The summed E-state index contributed by atoms with van der Waals surface area (Å²) >= 11 is 0. The highest BCUT2D eigenvalue weighted by atomic mass is 16.1. The Balaban J connectivity index is 1.49. The molecule has 1 aliphatic carbocycles. The Kier molecular flexibility index (Phi) is 3.84. The zero-order valence-corrected chi connectivity index (χ0v) is 15.4. The summed E-state index contributed by atoms with van der Waals surface area (Å²) in [4.78, 5) is 19.1. The van der Waals surface area contributed by atoms with Gasteiger partial charge in [0.2, 0.25) is 5.95 Å². The number of ketones is 1. The molecule has 0 radical (unpaired) electrons. The van der Waals surface area contributed by atoms with Crippen LogP contribution in [0.2, 0.25) is 0 Å². The number of rotatable bonds is 6. The van der Waals surface area contributed by atoms with Gasteiger partial charge >= 0.3 is 0 Å². The number of carbonyl (C=O) groups excluding carboxylic acids is 1. The van der Waals surface area contributed by atoms with Crippen LogP contribution in [0.25, 0.3) is 5.52 Å². The Morgan fingerprint density at radius 3 is 3.07 bits per heavy atom. The smallest absolute Gasteiger partial charge is 0.246 e. The van der Waals surface area contributed by atoms with Gasteiger partial charge in [-0.05, 0) is 37.8 Å². The minimum atomic E-state index is -0.122. The first kappa shape index (κ1) is 16.3. The molecule has 5 rings (SSSR count). The average molecular weight is 365 g/mol. The molecule has 1 atom stereocenters. The van der Waals surface area contributed by atoms with E-state index in [4.69, 9.17) is 4.98 Å². The van der Waals surface area contributed by atoms with Crippen LogP contribution in [0.3, 0.4) is 0 Å². The molecule has 0 aromatic carbocycles. The molecule has 0 amide bonds. The molecule has 140 valence electrons. The van der Waals surface area contributed by atoms with E-state index >= 15 is 0 Å². The Morgan fingerprint density at radius 2 is 2.26 bits per heavy atom. The molecule has 0 spiro atoms. The lowest BCUT2D eigenvalue weighted by molar-refractivity contribution is -0.119. The molecule has 0 bridgehead atoms. The number of nitrogens with zero attached hydrogens (tertiary/aromatic N) is 5. The number of hydrogen-bond donors (Lipinski definition) is 2. The van der Waals surface area contributed by atoms with Crippen molar-refractivity contribution in [3.05, 3.63) is 30.1 Å². The Morgan fingerprint density at radius 1 is 1.37 bits per heavy atom. The normalized spacial score (nSPS) is 19.7. The van der Waals surface area contributed by atoms with Gasteiger partial charge in [-0.25, -0.2) is 4.52 Å². The van der Waals surface area contributed by atoms with Crippen LogP contribution in [0.4, 0.5) is 17.6 Å². The number of H-pyrrole nitrogens is 1. The van der Waals surface area contributed by atoms with Gasteiger partial charge in [-0.3, -0.25) is 9.89 Å². The van der Waals surface area contributed by atoms with Crippen molar-refractivity contribution >= 4 is 28.9 Å². The molecule has 27 heavy (non-hydrogen) atoms. The van der Waals surface area contributed by atoms with Crippen molar-refractivity contribution in [2.75, 3.05) is 16.8 Å². The lowest BCUT2D eigenvalue weighted by Gasteiger charge is -2.23. The fraction of sp³-hybridized carbons (Fsp3) is 0.474. The number of nitrogens with one attached hydrogen (secondary N) is 2. The summed E-state index contributed by atoms with van der Waals surface area (Å²) in [6.07, 6.45) is 6.74. The van der Waals surface area contributed by atoms with Gasteiger partial charge in [0.05, 0.1) is 6.04 Å². The molecule has 1 aliphatic heterocycles. The van der Waals surface area contributed by atoms with E-state index in [2.05, 4.69) is 26.7 Å². The number of Topliss-reactive ketones (excluding diaryl/α,β-unsaturated/α-hetero) is 1. The largest absolute Gasteiger partial charge is 0.329 e. The fourth-order valence-corrected chi connectivity index (χ4v) is 3.84. The number of hydrogen-bond acceptors (Lipinski definition) is 6. The topological polar surface area (TPSA) is 91.2 Å². The van der Waals surface area contributed by atoms with Crippen LogP contribution in [0, 0.1) is 0 Å². The van der Waals surface area contributed by atoms with Gasteiger partial charge in [0.25, 0.3) is 0 Å². The van der Waals surface area contributed by atoms with Crippen LogP contribution >= 0.6 is 0 Å². The fourth-order valence-electron chi connectivity index (χ4n) is 3.84. The van der Waals surface area contributed by atoms with Crippen LogP contribution in [0.5, 0.6) is 0 Å². The second kappa shape index (κ2) is 6.37. The molecule has 3 aromatic rings. The highest BCUT2D eigenvalue weighted by Gasteiger charge is 2.32. The minimum Gasteiger partial charge on any atom is -0.329 e. The molecule has 1 saturated heterocycles. The summed E-state index contributed by atoms with van der Waals surface area (Å²) in [6.45, 7) is 2.72. The highest BCUT2D eigenvalue weighted by molar-refractivity contribution is 5.87. The molecule has 8 heteroatoms. The first-order valence-corrected chi connectivity index (χ1v) is 9.70. The van der Waals surface area contributed by atoms with Gasteiger partial charge in [0.1, 0.15) is 5.52 Å². The van der Waals surface area contributed by atoms with Crippen molar-refractivity contribution in [2.24, 2.45) is 0 Å². The molecule has 2 fully saturated rings. The molecular weight excluding hydrogens is 342 g/mol. The lowest BCUT2D eigenvalue weighted by Crippen LogP contribution is -2.37. The quantitative estimate of drug-likeness (QED) is 0.698. The molecular formula is C19H23N7O. The summed E-state index contributed by atoms with van der Waals surface area (Å²) < 4.78 is 1.81. The molecule has 1 saturated carbocycles. The van der Waals surface area contributed by atoms with Crippen LogP contribution < -0.4 is 10.2 Å². The van der Waals surface area contributed by atoms with Gasteiger partial charge in [0.15, 0.2) is 17.4 Å². The van der Waals surface area contributed by atoms with Crippen LogP contribution in [-0.4, -0.2) is 43.2 Å². The van der Waals surface area contributed by atoms with Gasteiger partial charge in [0, 0.05) is 36.8 Å². The maximum absolute atomic E-state index is 12.3. The first-order valence-electron chi connectivity index (χ1n) is 9.70. The van der Waals surface area contributed by atoms with Crippen molar-refractivity contribution in [1.29, 1.82) is 0 Å².